The molecule has 0 aliphatic rings. The minimum atomic E-state index is 0.210. The van der Waals surface area contributed by atoms with E-state index in [9.17, 15) is 0 Å². The molecule has 0 radical (unpaired) electrons. The van der Waals surface area contributed by atoms with Crippen LogP contribution in [0.15, 0.2) is 16.7 Å². The van der Waals surface area contributed by atoms with E-state index in [-0.39, 0.29) is 5.75 Å². The number of furan rings is 1. The molecule has 44 valence electrons. The third kappa shape index (κ3) is 0.832. The van der Waals surface area contributed by atoms with E-state index in [1.807, 2.05) is 6.92 Å². The second-order valence-corrected chi connectivity index (χ2v) is 1.62. The summed E-state index contributed by atoms with van der Waals surface area (Å²) >= 11 is 0. The fourth-order valence-corrected chi connectivity index (χ4v) is 0.554. The van der Waals surface area contributed by atoms with Gasteiger partial charge in [0.2, 0.25) is 0 Å². The second kappa shape index (κ2) is 1.90. The van der Waals surface area contributed by atoms with Gasteiger partial charge in [-0.1, -0.05) is 6.92 Å². The molecule has 0 aliphatic carbocycles. The van der Waals surface area contributed by atoms with Gasteiger partial charge in [0.15, 0.2) is 5.75 Å². The molecule has 0 bridgehead atoms. The van der Waals surface area contributed by atoms with Crippen LogP contribution in [0.25, 0.3) is 0 Å². The van der Waals surface area contributed by atoms with Gasteiger partial charge in [-0.15, -0.1) is 0 Å². The molecule has 2 nitrogen and oxygen atoms in total. The van der Waals surface area contributed by atoms with E-state index in [0.717, 1.165) is 12.2 Å². The quantitative estimate of drug-likeness (QED) is 0.597. The lowest BCUT2D eigenvalue weighted by molar-refractivity contribution is 0.452. The summed E-state index contributed by atoms with van der Waals surface area (Å²) in [5.41, 5.74) is 0. The van der Waals surface area contributed by atoms with Crippen LogP contribution in [0.3, 0.4) is 0 Å². The Bertz CT molecular complexity index is 167. The zero-order chi connectivity index (χ0) is 5.98. The number of rotatable bonds is 1. The molecule has 0 amide bonds. The molecule has 0 fully saturated rings. The van der Waals surface area contributed by atoms with Crippen molar-refractivity contribution in [2.24, 2.45) is 0 Å². The summed E-state index contributed by atoms with van der Waals surface area (Å²) in [6.07, 6.45) is 2.17. The molecule has 0 saturated heterocycles. The zero-order valence-electron chi connectivity index (χ0n) is 4.72. The summed E-state index contributed by atoms with van der Waals surface area (Å²) in [6.45, 7) is 1.97. The molecule has 0 spiro atoms. The molecule has 2 heteroatoms. The lowest BCUT2D eigenvalue weighted by Crippen LogP contribution is -1.67. The molecule has 0 saturated carbocycles. The second-order valence-electron chi connectivity index (χ2n) is 1.62. The Balaban J connectivity index is 2.84. The Morgan fingerprint density at radius 1 is 1.75 bits per heavy atom. The zero-order valence-corrected chi connectivity index (χ0v) is 4.72. The molecule has 8 heavy (non-hydrogen) atoms. The van der Waals surface area contributed by atoms with Crippen molar-refractivity contribution in [1.82, 2.24) is 0 Å². The van der Waals surface area contributed by atoms with Gasteiger partial charge in [0.25, 0.3) is 0 Å². The van der Waals surface area contributed by atoms with Crippen molar-refractivity contribution in [2.75, 3.05) is 0 Å². The highest BCUT2D eigenvalue weighted by molar-refractivity contribution is 5.16. The van der Waals surface area contributed by atoms with Crippen molar-refractivity contribution in [3.63, 3.8) is 0 Å². The first-order valence-corrected chi connectivity index (χ1v) is 2.59. The summed E-state index contributed by atoms with van der Waals surface area (Å²) in [6, 6.07) is 1.61. The predicted octanol–water partition coefficient (Wildman–Crippen LogP) is 1.55. The van der Waals surface area contributed by atoms with Crippen LogP contribution in [0, 0.1) is 0 Å². The Morgan fingerprint density at radius 2 is 2.50 bits per heavy atom. The summed E-state index contributed by atoms with van der Waals surface area (Å²) in [5, 5.41) is 8.69. The highest BCUT2D eigenvalue weighted by atomic mass is 16.4. The Hall–Kier alpha value is -0.920. The molecule has 0 atom stereocenters. The average molecular weight is 112 g/mol. The molecule has 0 aromatic carbocycles. The van der Waals surface area contributed by atoms with Gasteiger partial charge in [0.05, 0.1) is 0 Å². The molecule has 1 aromatic heterocycles. The van der Waals surface area contributed by atoms with Crippen molar-refractivity contribution in [2.45, 2.75) is 13.3 Å². The summed E-state index contributed by atoms with van der Waals surface area (Å²) in [5.74, 6) is 1.03. The first-order valence-electron chi connectivity index (χ1n) is 2.59. The number of aryl methyl sites for hydroxylation is 1. The maximum Gasteiger partial charge on any atom is 0.153 e. The Labute approximate surface area is 47.7 Å². The third-order valence-corrected chi connectivity index (χ3v) is 0.988. The van der Waals surface area contributed by atoms with Crippen molar-refractivity contribution in [3.05, 3.63) is 18.1 Å². The molecular weight excluding hydrogens is 104 g/mol. The van der Waals surface area contributed by atoms with Crippen LogP contribution in [0.1, 0.15) is 12.7 Å². The van der Waals surface area contributed by atoms with Crippen molar-refractivity contribution < 1.29 is 9.52 Å². The SMILES string of the molecule is CCc1cc(O)co1. The smallest absolute Gasteiger partial charge is 0.153 e. The highest BCUT2D eigenvalue weighted by Crippen LogP contribution is 2.12. The fourth-order valence-electron chi connectivity index (χ4n) is 0.554. The summed E-state index contributed by atoms with van der Waals surface area (Å²) in [7, 11) is 0. The van der Waals surface area contributed by atoms with E-state index < -0.39 is 0 Å². The lowest BCUT2D eigenvalue weighted by Gasteiger charge is -1.79. The number of aromatic hydroxyl groups is 1. The lowest BCUT2D eigenvalue weighted by atomic mass is 10.4. The molecule has 1 heterocycles. The van der Waals surface area contributed by atoms with Gasteiger partial charge in [0.1, 0.15) is 12.0 Å². The fraction of sp³-hybridized carbons (Fsp3) is 0.333. The van der Waals surface area contributed by atoms with E-state index in [0.29, 0.717) is 0 Å². The molecule has 1 N–H and O–H groups in total. The Kier molecular flexibility index (Phi) is 1.24. The first kappa shape index (κ1) is 5.22. The standard InChI is InChI=1S/C6H8O2/c1-2-6-3-5(7)4-8-6/h3-4,7H,2H2,1H3. The van der Waals surface area contributed by atoms with E-state index in [4.69, 9.17) is 9.52 Å². The monoisotopic (exact) mass is 112 g/mol. The molecule has 1 rings (SSSR count). The van der Waals surface area contributed by atoms with Crippen LogP contribution in [0.4, 0.5) is 0 Å². The van der Waals surface area contributed by atoms with Crippen LogP contribution in [-0.2, 0) is 6.42 Å². The van der Waals surface area contributed by atoms with Crippen LogP contribution < -0.4 is 0 Å². The minimum absolute atomic E-state index is 0.210. The maximum atomic E-state index is 8.69. The van der Waals surface area contributed by atoms with Crippen LogP contribution in [-0.4, -0.2) is 5.11 Å². The van der Waals surface area contributed by atoms with Crippen molar-refractivity contribution in [3.8, 4) is 5.75 Å². The van der Waals surface area contributed by atoms with E-state index in [1.54, 1.807) is 6.07 Å². The van der Waals surface area contributed by atoms with Crippen LogP contribution in [0.2, 0.25) is 0 Å². The molecular formula is C6H8O2. The normalized spacial score (nSPS) is 9.62. The topological polar surface area (TPSA) is 33.4 Å². The van der Waals surface area contributed by atoms with E-state index in [1.165, 1.54) is 6.26 Å². The van der Waals surface area contributed by atoms with Gasteiger partial charge in [-0.3, -0.25) is 0 Å². The molecule has 0 aliphatic heterocycles. The molecule has 0 unspecified atom stereocenters. The van der Waals surface area contributed by atoms with Crippen LogP contribution in [0.5, 0.6) is 5.75 Å². The number of hydrogen-bond donors (Lipinski definition) is 1. The maximum absolute atomic E-state index is 8.69. The van der Waals surface area contributed by atoms with E-state index in [2.05, 4.69) is 0 Å². The van der Waals surface area contributed by atoms with Gasteiger partial charge in [-0.2, -0.15) is 0 Å². The summed E-state index contributed by atoms with van der Waals surface area (Å²) < 4.78 is 4.86. The van der Waals surface area contributed by atoms with Crippen molar-refractivity contribution >= 4 is 0 Å². The summed E-state index contributed by atoms with van der Waals surface area (Å²) in [4.78, 5) is 0. The van der Waals surface area contributed by atoms with Gasteiger partial charge < -0.3 is 9.52 Å². The minimum Gasteiger partial charge on any atom is -0.505 e. The predicted molar refractivity (Wildman–Crippen MR) is 29.8 cm³/mol. The highest BCUT2D eigenvalue weighted by Gasteiger charge is 1.93. The van der Waals surface area contributed by atoms with Gasteiger partial charge in [-0.05, 0) is 0 Å². The third-order valence-electron chi connectivity index (χ3n) is 0.988. The van der Waals surface area contributed by atoms with Gasteiger partial charge in [0, 0.05) is 12.5 Å². The molecule has 1 aromatic rings. The first-order chi connectivity index (χ1) is 3.83. The van der Waals surface area contributed by atoms with Crippen LogP contribution >= 0.6 is 0 Å². The van der Waals surface area contributed by atoms with E-state index >= 15 is 0 Å². The average Bonchev–Trinajstić information content (AvgIpc) is 2.14. The Morgan fingerprint density at radius 3 is 2.75 bits per heavy atom. The van der Waals surface area contributed by atoms with Gasteiger partial charge in [-0.25, -0.2) is 0 Å². The number of hydrogen-bond acceptors (Lipinski definition) is 2. The van der Waals surface area contributed by atoms with Gasteiger partial charge >= 0.3 is 0 Å². The largest absolute Gasteiger partial charge is 0.505 e. The van der Waals surface area contributed by atoms with Crippen molar-refractivity contribution in [1.29, 1.82) is 0 Å².